The Morgan fingerprint density at radius 2 is 1.89 bits per heavy atom. The lowest BCUT2D eigenvalue weighted by molar-refractivity contribution is -0.135. The molecule has 2 aromatic rings. The number of methoxy groups -OCH3 is 1. The van der Waals surface area contributed by atoms with Gasteiger partial charge in [0, 0.05) is 18.8 Å². The molecule has 0 aromatic heterocycles. The molecule has 0 heterocycles. The summed E-state index contributed by atoms with van der Waals surface area (Å²) in [5.74, 6) is 0.811. The second kappa shape index (κ2) is 8.58. The van der Waals surface area contributed by atoms with Crippen LogP contribution < -0.4 is 14.8 Å². The minimum Gasteiger partial charge on any atom is -0.497 e. The van der Waals surface area contributed by atoms with E-state index in [1.165, 1.54) is 22.4 Å². The average Bonchev–Trinajstić information content (AvgIpc) is 3.13. The van der Waals surface area contributed by atoms with E-state index < -0.39 is 0 Å². The minimum absolute atomic E-state index is 0.0520. The molecular formula is C21H24N2O4. The van der Waals surface area contributed by atoms with Crippen LogP contribution >= 0.6 is 0 Å². The Labute approximate surface area is 159 Å². The zero-order chi connectivity index (χ0) is 19.2. The molecule has 1 N–H and O–H groups in total. The molecule has 3 rings (SSSR count). The maximum Gasteiger partial charge on any atom is 0.260 e. The molecule has 1 aliphatic rings. The van der Waals surface area contributed by atoms with E-state index in [0.29, 0.717) is 17.2 Å². The maximum atomic E-state index is 12.2. The third-order valence-corrected chi connectivity index (χ3v) is 4.59. The number of carbonyl (C=O) groups is 2. The van der Waals surface area contributed by atoms with Crippen LogP contribution in [0.2, 0.25) is 0 Å². The van der Waals surface area contributed by atoms with Gasteiger partial charge in [0.1, 0.15) is 11.5 Å². The van der Waals surface area contributed by atoms with E-state index in [-0.39, 0.29) is 25.0 Å². The number of hydrogen-bond acceptors (Lipinski definition) is 4. The Morgan fingerprint density at radius 3 is 2.70 bits per heavy atom. The molecule has 0 spiro atoms. The van der Waals surface area contributed by atoms with Crippen LogP contribution in [-0.2, 0) is 22.4 Å². The second-order valence-electron chi connectivity index (χ2n) is 6.60. The van der Waals surface area contributed by atoms with Gasteiger partial charge in [-0.05, 0) is 54.7 Å². The standard InChI is InChI=1S/C21H24N2O4/c1-23(13-20(24)22-17-7-4-8-18(12-17)26-2)21(25)14-27-19-10-9-15-5-3-6-16(15)11-19/h4,7-12H,3,5-6,13-14H2,1-2H3,(H,22,24). The van der Waals surface area contributed by atoms with Crippen LogP contribution in [0.4, 0.5) is 5.69 Å². The van der Waals surface area contributed by atoms with E-state index in [2.05, 4.69) is 11.4 Å². The first kappa shape index (κ1) is 18.8. The van der Waals surface area contributed by atoms with Crippen molar-refractivity contribution in [1.82, 2.24) is 4.90 Å². The van der Waals surface area contributed by atoms with Crippen LogP contribution in [0, 0.1) is 0 Å². The molecule has 0 aliphatic heterocycles. The molecular weight excluding hydrogens is 344 g/mol. The number of ether oxygens (including phenoxy) is 2. The van der Waals surface area contributed by atoms with Crippen molar-refractivity contribution in [2.24, 2.45) is 0 Å². The average molecular weight is 368 g/mol. The Balaban J connectivity index is 1.47. The summed E-state index contributed by atoms with van der Waals surface area (Å²) in [5, 5.41) is 2.75. The molecule has 0 saturated heterocycles. The molecule has 0 unspecified atom stereocenters. The Bertz CT molecular complexity index is 835. The van der Waals surface area contributed by atoms with E-state index in [1.54, 1.807) is 38.4 Å². The number of nitrogens with one attached hydrogen (secondary N) is 1. The number of carbonyl (C=O) groups excluding carboxylic acids is 2. The molecule has 27 heavy (non-hydrogen) atoms. The first-order valence-electron chi connectivity index (χ1n) is 8.97. The minimum atomic E-state index is -0.281. The molecule has 2 aromatic carbocycles. The highest BCUT2D eigenvalue weighted by atomic mass is 16.5. The van der Waals surface area contributed by atoms with Gasteiger partial charge in [-0.15, -0.1) is 0 Å². The van der Waals surface area contributed by atoms with Gasteiger partial charge in [-0.1, -0.05) is 12.1 Å². The van der Waals surface area contributed by atoms with Gasteiger partial charge in [0.15, 0.2) is 6.61 Å². The first-order valence-corrected chi connectivity index (χ1v) is 8.97. The summed E-state index contributed by atoms with van der Waals surface area (Å²) in [6.45, 7) is -0.148. The van der Waals surface area contributed by atoms with Crippen molar-refractivity contribution in [2.75, 3.05) is 32.6 Å². The number of benzene rings is 2. The van der Waals surface area contributed by atoms with Crippen LogP contribution in [0.15, 0.2) is 42.5 Å². The summed E-state index contributed by atoms with van der Waals surface area (Å²) in [5.41, 5.74) is 3.28. The molecule has 142 valence electrons. The third kappa shape index (κ3) is 5.00. The van der Waals surface area contributed by atoms with E-state index in [0.717, 1.165) is 12.8 Å². The van der Waals surface area contributed by atoms with Gasteiger partial charge >= 0.3 is 0 Å². The largest absolute Gasteiger partial charge is 0.497 e. The highest BCUT2D eigenvalue weighted by molar-refractivity contribution is 5.94. The third-order valence-electron chi connectivity index (χ3n) is 4.59. The van der Waals surface area contributed by atoms with Crippen molar-refractivity contribution >= 4 is 17.5 Å². The van der Waals surface area contributed by atoms with Gasteiger partial charge in [-0.3, -0.25) is 9.59 Å². The van der Waals surface area contributed by atoms with Crippen molar-refractivity contribution < 1.29 is 19.1 Å². The fourth-order valence-electron chi connectivity index (χ4n) is 3.10. The monoisotopic (exact) mass is 368 g/mol. The first-order chi connectivity index (χ1) is 13.0. The summed E-state index contributed by atoms with van der Waals surface area (Å²) in [7, 11) is 3.15. The molecule has 2 amide bonds. The lowest BCUT2D eigenvalue weighted by Gasteiger charge is -2.17. The molecule has 6 heteroatoms. The molecule has 0 atom stereocenters. The van der Waals surface area contributed by atoms with Crippen LogP contribution in [0.1, 0.15) is 17.5 Å². The maximum absolute atomic E-state index is 12.2. The van der Waals surface area contributed by atoms with Gasteiger partial charge in [0.05, 0.1) is 13.7 Å². The van der Waals surface area contributed by atoms with E-state index >= 15 is 0 Å². The fraction of sp³-hybridized carbons (Fsp3) is 0.333. The summed E-state index contributed by atoms with van der Waals surface area (Å²) in [4.78, 5) is 25.7. The number of aryl methyl sites for hydroxylation is 2. The van der Waals surface area contributed by atoms with Crippen LogP contribution in [0.5, 0.6) is 11.5 Å². The summed E-state index contributed by atoms with van der Waals surface area (Å²) in [6.07, 6.45) is 3.34. The Hall–Kier alpha value is -3.02. The zero-order valence-electron chi connectivity index (χ0n) is 15.7. The van der Waals surface area contributed by atoms with Crippen LogP contribution in [0.3, 0.4) is 0 Å². The lowest BCUT2D eigenvalue weighted by Crippen LogP contribution is -2.37. The number of hydrogen-bond donors (Lipinski definition) is 1. The van der Waals surface area contributed by atoms with Gasteiger partial charge in [0.25, 0.3) is 5.91 Å². The number of fused-ring (bicyclic) bond motifs is 1. The predicted octanol–water partition coefficient (Wildman–Crippen LogP) is 2.66. The number of likely N-dealkylation sites (N-methyl/N-ethyl adjacent to an activating group) is 1. The molecule has 0 radical (unpaired) electrons. The van der Waals surface area contributed by atoms with Crippen LogP contribution in [0.25, 0.3) is 0 Å². The molecule has 0 fully saturated rings. The van der Waals surface area contributed by atoms with Crippen molar-refractivity contribution in [3.63, 3.8) is 0 Å². The van der Waals surface area contributed by atoms with Crippen LogP contribution in [-0.4, -0.2) is 44.0 Å². The topological polar surface area (TPSA) is 67.9 Å². The number of anilines is 1. The smallest absolute Gasteiger partial charge is 0.260 e. The Morgan fingerprint density at radius 1 is 1.07 bits per heavy atom. The fourth-order valence-corrected chi connectivity index (χ4v) is 3.10. The van der Waals surface area contributed by atoms with E-state index in [9.17, 15) is 9.59 Å². The van der Waals surface area contributed by atoms with Gasteiger partial charge < -0.3 is 19.7 Å². The summed E-state index contributed by atoms with van der Waals surface area (Å²) in [6, 6.07) is 13.0. The number of nitrogens with zero attached hydrogens (tertiary/aromatic N) is 1. The molecule has 0 bridgehead atoms. The van der Waals surface area contributed by atoms with Crippen molar-refractivity contribution in [3.8, 4) is 11.5 Å². The van der Waals surface area contributed by atoms with E-state index in [4.69, 9.17) is 9.47 Å². The zero-order valence-corrected chi connectivity index (χ0v) is 15.7. The van der Waals surface area contributed by atoms with Crippen molar-refractivity contribution in [2.45, 2.75) is 19.3 Å². The summed E-state index contributed by atoms with van der Waals surface area (Å²) >= 11 is 0. The highest BCUT2D eigenvalue weighted by Crippen LogP contribution is 2.26. The SMILES string of the molecule is COc1cccc(NC(=O)CN(C)C(=O)COc2ccc3c(c2)CCC3)c1. The molecule has 0 saturated carbocycles. The number of amides is 2. The second-order valence-corrected chi connectivity index (χ2v) is 6.60. The van der Waals surface area contributed by atoms with Crippen molar-refractivity contribution in [1.29, 1.82) is 0 Å². The van der Waals surface area contributed by atoms with Crippen molar-refractivity contribution in [3.05, 3.63) is 53.6 Å². The van der Waals surface area contributed by atoms with Gasteiger partial charge in [0.2, 0.25) is 5.91 Å². The number of rotatable bonds is 7. The van der Waals surface area contributed by atoms with Gasteiger partial charge in [-0.2, -0.15) is 0 Å². The highest BCUT2D eigenvalue weighted by Gasteiger charge is 2.15. The van der Waals surface area contributed by atoms with Gasteiger partial charge in [-0.25, -0.2) is 0 Å². The predicted molar refractivity (Wildman–Crippen MR) is 103 cm³/mol. The molecule has 6 nitrogen and oxygen atoms in total. The van der Waals surface area contributed by atoms with E-state index in [1.807, 2.05) is 12.1 Å². The Kier molecular flexibility index (Phi) is 5.96. The molecule has 1 aliphatic carbocycles. The normalized spacial score (nSPS) is 12.2. The summed E-state index contributed by atoms with van der Waals surface area (Å²) < 4.78 is 10.7. The quantitative estimate of drug-likeness (QED) is 0.816. The lowest BCUT2D eigenvalue weighted by atomic mass is 10.1.